The molecule has 2 saturated heterocycles. The number of nitrogens with zero attached hydrogens (tertiary/aromatic N) is 8. The van der Waals surface area contributed by atoms with Crippen LogP contribution >= 0.6 is 0 Å². The Bertz CT molecular complexity index is 1350. The molecule has 6 rings (SSSR count). The number of aromatic nitrogens is 8. The maximum absolute atomic E-state index is 11.6. The van der Waals surface area contributed by atoms with Gasteiger partial charge < -0.3 is 30.2 Å². The van der Waals surface area contributed by atoms with Gasteiger partial charge in [0, 0.05) is 19.1 Å². The first-order chi connectivity index (χ1) is 20.7. The number of tetrazole rings is 1. The molecule has 3 aromatic heterocycles. The normalized spacial score (nSPS) is 26.4. The van der Waals surface area contributed by atoms with Gasteiger partial charge in [-0.3, -0.25) is 14.2 Å². The van der Waals surface area contributed by atoms with Crippen LogP contribution in [-0.2, 0) is 30.3 Å². The van der Waals surface area contributed by atoms with Crippen LogP contribution in [0.15, 0.2) is 6.33 Å². The maximum atomic E-state index is 11.6. The molecule has 0 radical (unpaired) electrons. The van der Waals surface area contributed by atoms with E-state index >= 15 is 0 Å². The van der Waals surface area contributed by atoms with Crippen LogP contribution in [0.25, 0.3) is 11.2 Å². The first kappa shape index (κ1) is 28.2. The lowest BCUT2D eigenvalue weighted by Crippen LogP contribution is -2.34. The first-order valence-electron chi connectivity index (χ1n) is 14.8. The fourth-order valence-corrected chi connectivity index (χ4v) is 6.12. The fraction of sp³-hybridized carbons (Fsp3) is 0.692. The molecular weight excluding hydrogens is 546 g/mol. The number of carbonyl (C=O) groups is 2. The van der Waals surface area contributed by atoms with E-state index in [2.05, 4.69) is 36.3 Å². The standard InChI is InChI=1S/C26H37N11O5/c1-2-37-34-23(33-35-37)20-19(40-14-38)21(41-15-39)25(42-20)36-13-29-18-22(28-11-8-16-6-4-3-5-7-16)31-26(32-24(18)36)30-17-9-10-27-12-17/h13-17,19-21,25,27H,2-12H2,1H3,(H2,28,30,31,32)/t17-,19-,20+,21-,25-/m1/s1. The van der Waals surface area contributed by atoms with Crippen molar-refractivity contribution in [1.29, 1.82) is 0 Å². The molecule has 0 unspecified atom stereocenters. The second-order valence-electron chi connectivity index (χ2n) is 11.0. The first-order valence-corrected chi connectivity index (χ1v) is 14.8. The highest BCUT2D eigenvalue weighted by Gasteiger charge is 2.52. The van der Waals surface area contributed by atoms with Crippen LogP contribution in [0.5, 0.6) is 0 Å². The second kappa shape index (κ2) is 12.9. The summed E-state index contributed by atoms with van der Waals surface area (Å²) in [5.41, 5.74) is 1.02. The Morgan fingerprint density at radius 3 is 2.69 bits per heavy atom. The summed E-state index contributed by atoms with van der Waals surface area (Å²) in [6.45, 7) is 5.43. The van der Waals surface area contributed by atoms with E-state index in [9.17, 15) is 9.59 Å². The number of carbonyl (C=O) groups excluding carboxylic acids is 2. The monoisotopic (exact) mass is 583 g/mol. The molecule has 5 atom stereocenters. The van der Waals surface area contributed by atoms with Gasteiger partial charge in [0.1, 0.15) is 0 Å². The molecule has 0 amide bonds. The Labute approximate surface area is 242 Å². The maximum Gasteiger partial charge on any atom is 0.293 e. The smallest absolute Gasteiger partial charge is 0.293 e. The number of fused-ring (bicyclic) bond motifs is 1. The summed E-state index contributed by atoms with van der Waals surface area (Å²) in [6, 6.07) is 0.185. The van der Waals surface area contributed by atoms with Gasteiger partial charge in [-0.1, -0.05) is 32.1 Å². The van der Waals surface area contributed by atoms with Crippen LogP contribution in [0.1, 0.15) is 70.0 Å². The van der Waals surface area contributed by atoms with Crippen molar-refractivity contribution in [3.63, 3.8) is 0 Å². The van der Waals surface area contributed by atoms with E-state index < -0.39 is 24.5 Å². The van der Waals surface area contributed by atoms with Crippen LogP contribution < -0.4 is 16.0 Å². The van der Waals surface area contributed by atoms with E-state index in [4.69, 9.17) is 24.2 Å². The predicted octanol–water partition coefficient (Wildman–Crippen LogP) is 1.34. The number of nitrogens with one attached hydrogen (secondary N) is 3. The molecule has 2 aliphatic heterocycles. The summed E-state index contributed by atoms with van der Waals surface area (Å²) in [6.07, 6.45) is 6.06. The fourth-order valence-electron chi connectivity index (χ4n) is 6.12. The van der Waals surface area contributed by atoms with Crippen LogP contribution in [-0.4, -0.2) is 90.6 Å². The lowest BCUT2D eigenvalue weighted by molar-refractivity contribution is -0.151. The van der Waals surface area contributed by atoms with Crippen molar-refractivity contribution < 1.29 is 23.8 Å². The number of hydrogen-bond acceptors (Lipinski definition) is 14. The van der Waals surface area contributed by atoms with Gasteiger partial charge in [-0.2, -0.15) is 14.8 Å². The zero-order chi connectivity index (χ0) is 28.9. The molecule has 16 nitrogen and oxygen atoms in total. The van der Waals surface area contributed by atoms with E-state index in [1.807, 2.05) is 6.92 Å². The van der Waals surface area contributed by atoms with Crippen molar-refractivity contribution in [2.75, 3.05) is 30.3 Å². The predicted molar refractivity (Wildman–Crippen MR) is 148 cm³/mol. The lowest BCUT2D eigenvalue weighted by atomic mass is 9.87. The number of imidazole rings is 1. The number of ether oxygens (including phenoxy) is 3. The molecule has 226 valence electrons. The number of aryl methyl sites for hydroxylation is 1. The molecule has 0 bridgehead atoms. The van der Waals surface area contributed by atoms with Gasteiger partial charge in [-0.05, 0) is 37.4 Å². The molecule has 1 aliphatic carbocycles. The van der Waals surface area contributed by atoms with Crippen molar-refractivity contribution in [1.82, 2.24) is 45.0 Å². The number of rotatable bonds is 13. The summed E-state index contributed by atoms with van der Waals surface area (Å²) in [7, 11) is 0. The molecule has 3 aromatic rings. The van der Waals surface area contributed by atoms with Crippen molar-refractivity contribution in [3.8, 4) is 0 Å². The summed E-state index contributed by atoms with van der Waals surface area (Å²) < 4.78 is 18.8. The molecule has 1 saturated carbocycles. The highest BCUT2D eigenvalue weighted by atomic mass is 16.6. The molecule has 42 heavy (non-hydrogen) atoms. The van der Waals surface area contributed by atoms with Crippen molar-refractivity contribution in [3.05, 3.63) is 12.2 Å². The SMILES string of the molecule is CCn1nnc([C@H]2O[C@@H](n3cnc4c(NCCC5CCCCC5)nc(N[C@@H]5CCNC5)nc43)[C@H](OC=O)[C@@H]2OC=O)n1. The van der Waals surface area contributed by atoms with Gasteiger partial charge in [0.2, 0.25) is 11.8 Å². The Hall–Kier alpha value is -3.92. The Balaban J connectivity index is 1.33. The molecule has 3 fully saturated rings. The third-order valence-corrected chi connectivity index (χ3v) is 8.28. The van der Waals surface area contributed by atoms with Crippen LogP contribution in [0.3, 0.4) is 0 Å². The Kier molecular flexibility index (Phi) is 8.69. The van der Waals surface area contributed by atoms with Gasteiger partial charge in [-0.25, -0.2) is 4.98 Å². The Morgan fingerprint density at radius 1 is 1.12 bits per heavy atom. The summed E-state index contributed by atoms with van der Waals surface area (Å²) >= 11 is 0. The molecule has 5 heterocycles. The summed E-state index contributed by atoms with van der Waals surface area (Å²) in [5, 5.41) is 22.7. The highest BCUT2D eigenvalue weighted by molar-refractivity contribution is 5.84. The van der Waals surface area contributed by atoms with Crippen molar-refractivity contribution >= 4 is 35.9 Å². The molecular formula is C26H37N11O5. The lowest BCUT2D eigenvalue weighted by Gasteiger charge is -2.22. The molecule has 3 aliphatic rings. The molecule has 0 aromatic carbocycles. The van der Waals surface area contributed by atoms with E-state index in [1.165, 1.54) is 36.9 Å². The number of anilines is 2. The quantitative estimate of drug-likeness (QED) is 0.245. The van der Waals surface area contributed by atoms with Gasteiger partial charge in [0.15, 0.2) is 41.5 Å². The van der Waals surface area contributed by atoms with E-state index in [0.717, 1.165) is 32.5 Å². The largest absolute Gasteiger partial charge is 0.457 e. The third-order valence-electron chi connectivity index (χ3n) is 8.28. The molecule has 3 N–H and O–H groups in total. The minimum Gasteiger partial charge on any atom is -0.457 e. The van der Waals surface area contributed by atoms with E-state index in [0.29, 0.717) is 41.9 Å². The van der Waals surface area contributed by atoms with E-state index in [-0.39, 0.29) is 18.3 Å². The van der Waals surface area contributed by atoms with E-state index in [1.54, 1.807) is 10.9 Å². The summed E-state index contributed by atoms with van der Waals surface area (Å²) in [5.74, 6) is 1.97. The Morgan fingerprint density at radius 2 is 1.95 bits per heavy atom. The van der Waals surface area contributed by atoms with Crippen molar-refractivity contribution in [2.45, 2.75) is 89.0 Å². The minimum atomic E-state index is -1.03. The third kappa shape index (κ3) is 5.86. The van der Waals surface area contributed by atoms with Crippen LogP contribution in [0, 0.1) is 5.92 Å². The highest BCUT2D eigenvalue weighted by Crippen LogP contribution is 2.42. The average Bonchev–Trinajstić information content (AvgIpc) is 3.82. The minimum absolute atomic E-state index is 0.185. The van der Waals surface area contributed by atoms with Gasteiger partial charge in [0.25, 0.3) is 12.9 Å². The van der Waals surface area contributed by atoms with Crippen molar-refractivity contribution in [2.24, 2.45) is 5.92 Å². The molecule has 0 spiro atoms. The second-order valence-corrected chi connectivity index (χ2v) is 11.0. The zero-order valence-electron chi connectivity index (χ0n) is 23.6. The average molecular weight is 584 g/mol. The summed E-state index contributed by atoms with van der Waals surface area (Å²) in [4.78, 5) is 38.7. The van der Waals surface area contributed by atoms with Crippen LogP contribution in [0.2, 0.25) is 0 Å². The van der Waals surface area contributed by atoms with Crippen LogP contribution in [0.4, 0.5) is 11.8 Å². The zero-order valence-corrected chi connectivity index (χ0v) is 23.6. The number of hydrogen-bond donors (Lipinski definition) is 3. The van der Waals surface area contributed by atoms with Gasteiger partial charge in [0.05, 0.1) is 12.9 Å². The molecule has 16 heteroatoms. The van der Waals surface area contributed by atoms with Gasteiger partial charge >= 0.3 is 0 Å². The topological polar surface area (TPSA) is 185 Å². The van der Waals surface area contributed by atoms with Gasteiger partial charge in [-0.15, -0.1) is 10.2 Å².